The van der Waals surface area contributed by atoms with Gasteiger partial charge in [-0.1, -0.05) is 37.6 Å². The van der Waals surface area contributed by atoms with Crippen LogP contribution in [0.3, 0.4) is 0 Å². The number of aromatic carboxylic acids is 4. The largest absolute Gasteiger partial charge is 0.478 e. The van der Waals surface area contributed by atoms with Gasteiger partial charge in [-0.25, -0.2) is 19.2 Å². The van der Waals surface area contributed by atoms with Crippen LogP contribution in [-0.2, 0) is 29.1 Å². The molecule has 6 N–H and O–H groups in total. The smallest absolute Gasteiger partial charge is 0.342 e. The lowest BCUT2D eigenvalue weighted by molar-refractivity contribution is -0.385. The van der Waals surface area contributed by atoms with Crippen LogP contribution in [-0.4, -0.2) is 95.8 Å². The second kappa shape index (κ2) is 23.7. The quantitative estimate of drug-likeness (QED) is 0.0440. The molecule has 0 fully saturated rings. The number of hydrogen-bond acceptors (Lipinski definition) is 13. The van der Waals surface area contributed by atoms with Gasteiger partial charge in [-0.15, -0.1) is 0 Å². The summed E-state index contributed by atoms with van der Waals surface area (Å²) < 4.78 is 0. The van der Waals surface area contributed by atoms with Crippen LogP contribution in [0.4, 0.5) is 22.7 Å². The zero-order valence-electron chi connectivity index (χ0n) is 32.4. The van der Waals surface area contributed by atoms with Crippen molar-refractivity contribution < 1.29 is 64.0 Å². The number of nitrogens with two attached hydrogens (primary N) is 1. The summed E-state index contributed by atoms with van der Waals surface area (Å²) in [5, 5.41) is 66.6. The monoisotopic (exact) mass is 836 g/mol. The summed E-state index contributed by atoms with van der Waals surface area (Å²) in [4.78, 5) is 95.8. The van der Waals surface area contributed by atoms with Crippen molar-refractivity contribution in [3.63, 3.8) is 0 Å². The predicted molar refractivity (Wildman–Crippen MR) is 212 cm³/mol. The lowest BCUT2D eigenvalue weighted by Crippen LogP contribution is -2.15. The van der Waals surface area contributed by atoms with Gasteiger partial charge in [0.15, 0.2) is 0 Å². The van der Waals surface area contributed by atoms with Crippen molar-refractivity contribution >= 4 is 59.4 Å². The predicted octanol–water partition coefficient (Wildman–Crippen LogP) is 5.28. The second-order valence-corrected chi connectivity index (χ2v) is 12.4. The number of rotatable bonds is 15. The number of carboxylic acids is 4. The highest BCUT2D eigenvalue weighted by Gasteiger charge is 2.21. The fourth-order valence-corrected chi connectivity index (χ4v) is 4.89. The molecule has 0 saturated heterocycles. The fourth-order valence-electron chi connectivity index (χ4n) is 4.89. The number of nitrogens with zero attached hydrogens (tertiary/aromatic N) is 5. The topological polar surface area (TPSA) is 345 Å². The van der Waals surface area contributed by atoms with Crippen LogP contribution in [0.25, 0.3) is 0 Å². The number of nitro benzene ring substituents is 3. The number of anilines is 1. The van der Waals surface area contributed by atoms with Gasteiger partial charge in [-0.05, 0) is 65.9 Å². The summed E-state index contributed by atoms with van der Waals surface area (Å²) in [5.41, 5.74) is 6.41. The lowest BCUT2D eigenvalue weighted by Gasteiger charge is -2.11. The summed E-state index contributed by atoms with van der Waals surface area (Å²) in [6.45, 7) is 4.20. The molecule has 0 spiro atoms. The van der Waals surface area contributed by atoms with E-state index in [1.807, 2.05) is 6.92 Å². The van der Waals surface area contributed by atoms with Crippen LogP contribution < -0.4 is 5.73 Å². The Morgan fingerprint density at radius 3 is 1.28 bits per heavy atom. The van der Waals surface area contributed by atoms with Crippen LogP contribution in [0.15, 0.2) is 72.8 Å². The van der Waals surface area contributed by atoms with Crippen LogP contribution in [0.2, 0.25) is 0 Å². The third-order valence-corrected chi connectivity index (χ3v) is 7.67. The first-order chi connectivity index (χ1) is 28.1. The van der Waals surface area contributed by atoms with Gasteiger partial charge in [0.1, 0.15) is 16.7 Å². The average molecular weight is 837 g/mol. The number of benzene rings is 4. The van der Waals surface area contributed by atoms with Crippen molar-refractivity contribution in [3.8, 4) is 0 Å². The normalized spacial score (nSPS) is 9.73. The number of carboxylic acid groups (broad SMARTS) is 4. The fraction of sp³-hybridized carbons (Fsp3) is 0.211. The van der Waals surface area contributed by atoms with E-state index < -0.39 is 44.3 Å². The molecule has 2 amide bonds. The van der Waals surface area contributed by atoms with Crippen LogP contribution in [0.1, 0.15) is 77.0 Å². The number of nitrogen functional groups attached to an aromatic ring is 1. The zero-order chi connectivity index (χ0) is 45.9. The third kappa shape index (κ3) is 15.7. The maximum Gasteiger partial charge on any atom is 0.342 e. The molecule has 0 unspecified atom stereocenters. The van der Waals surface area contributed by atoms with Gasteiger partial charge in [-0.3, -0.25) is 39.9 Å². The Morgan fingerprint density at radius 2 is 0.917 bits per heavy atom. The molecule has 0 atom stereocenters. The van der Waals surface area contributed by atoms with E-state index in [1.165, 1.54) is 71.4 Å². The maximum atomic E-state index is 10.8. The highest BCUT2D eigenvalue weighted by atomic mass is 16.6. The van der Waals surface area contributed by atoms with Gasteiger partial charge in [0.2, 0.25) is 12.8 Å². The molecule has 0 heterocycles. The Bertz CT molecular complexity index is 2260. The Labute approximate surface area is 340 Å². The highest BCUT2D eigenvalue weighted by Crippen LogP contribution is 2.22. The van der Waals surface area contributed by atoms with E-state index in [-0.39, 0.29) is 45.9 Å². The highest BCUT2D eigenvalue weighted by molar-refractivity contribution is 5.94. The van der Waals surface area contributed by atoms with Crippen molar-refractivity contribution in [2.24, 2.45) is 0 Å². The minimum absolute atomic E-state index is 0.0619. The number of aryl methyl sites for hydroxylation is 2. The minimum atomic E-state index is -1.37. The molecule has 0 aliphatic rings. The minimum Gasteiger partial charge on any atom is -0.478 e. The van der Waals surface area contributed by atoms with Crippen molar-refractivity contribution in [2.75, 3.05) is 19.8 Å². The number of hydrogen-bond donors (Lipinski definition) is 5. The van der Waals surface area contributed by atoms with Gasteiger partial charge < -0.3 is 36.0 Å². The Balaban J connectivity index is 0.000000402. The molecular formula is C38H40N6O16. The number of amides is 2. The molecule has 0 saturated carbocycles. The van der Waals surface area contributed by atoms with Gasteiger partial charge in [-0.2, -0.15) is 0 Å². The first kappa shape index (κ1) is 49.7. The number of nitro groups is 3. The zero-order valence-corrected chi connectivity index (χ0v) is 32.4. The van der Waals surface area contributed by atoms with E-state index in [4.69, 9.17) is 26.2 Å². The maximum absolute atomic E-state index is 10.8. The van der Waals surface area contributed by atoms with Crippen molar-refractivity contribution in [1.29, 1.82) is 0 Å². The summed E-state index contributed by atoms with van der Waals surface area (Å²) >= 11 is 0. The van der Waals surface area contributed by atoms with Gasteiger partial charge >= 0.3 is 23.9 Å². The van der Waals surface area contributed by atoms with Gasteiger partial charge in [0.25, 0.3) is 17.1 Å². The Hall–Kier alpha value is -8.30. The van der Waals surface area contributed by atoms with E-state index in [0.717, 1.165) is 30.0 Å². The molecule has 318 valence electrons. The molecule has 22 heteroatoms. The molecule has 4 aromatic rings. The Kier molecular flexibility index (Phi) is 19.6. The lowest BCUT2D eigenvalue weighted by atomic mass is 10.1. The molecule has 0 aliphatic carbocycles. The Morgan fingerprint density at radius 1 is 0.583 bits per heavy atom. The van der Waals surface area contributed by atoms with Crippen LogP contribution in [0.5, 0.6) is 0 Å². The van der Waals surface area contributed by atoms with Crippen molar-refractivity contribution in [1.82, 2.24) is 9.80 Å². The molecule has 0 aliphatic heterocycles. The molecule has 0 radical (unpaired) electrons. The molecule has 0 aromatic heterocycles. The second-order valence-electron chi connectivity index (χ2n) is 12.4. The molecular weight excluding hydrogens is 796 g/mol. The van der Waals surface area contributed by atoms with Crippen LogP contribution in [0, 0.1) is 37.3 Å². The number of carbonyl (C=O) groups excluding carboxylic acids is 2. The van der Waals surface area contributed by atoms with Crippen LogP contribution >= 0.6 is 0 Å². The van der Waals surface area contributed by atoms with E-state index in [0.29, 0.717) is 30.5 Å². The van der Waals surface area contributed by atoms with Crippen molar-refractivity contribution in [3.05, 3.63) is 148 Å². The molecule has 22 nitrogen and oxygen atoms in total. The summed E-state index contributed by atoms with van der Waals surface area (Å²) in [6, 6.07) is 16.6. The van der Waals surface area contributed by atoms with E-state index >= 15 is 0 Å². The SMILES string of the molecule is CCCc1ccc([N+](=O)[O-])c(C(=O)O)c1.CN(C=O)Cc1ccc(N)c(C(=O)O)c1.CN(C=O)Cc1ccc([N+](=O)[O-])c(C(=O)O)c1.Cc1ccc([N+](=O)[O-])c(C(=O)O)c1. The third-order valence-electron chi connectivity index (χ3n) is 7.67. The van der Waals surface area contributed by atoms with Gasteiger partial charge in [0, 0.05) is 51.1 Å². The average Bonchev–Trinajstić information content (AvgIpc) is 3.18. The molecule has 0 bridgehead atoms. The summed E-state index contributed by atoms with van der Waals surface area (Å²) in [7, 11) is 3.14. The summed E-state index contributed by atoms with van der Waals surface area (Å²) in [5.74, 6) is -4.98. The van der Waals surface area contributed by atoms with E-state index in [2.05, 4.69) is 0 Å². The molecule has 4 aromatic carbocycles. The first-order valence-electron chi connectivity index (χ1n) is 17.0. The molecule has 60 heavy (non-hydrogen) atoms. The summed E-state index contributed by atoms with van der Waals surface area (Å²) in [6.07, 6.45) is 2.85. The number of carbonyl (C=O) groups is 6. The standard InChI is InChI=1S/C10H10N2O5.C10H12N2O3.C10H11NO4.C8H7NO4/c1-11(6-13)5-7-2-3-9(12(16)17)8(4-7)10(14)15;1-12(6-13)5-7-2-3-9(11)8(4-7)10(14)15;1-2-3-7-4-5-9(11(14)15)8(6-7)10(12)13;1-5-2-3-7(9(12)13)6(4-5)8(10)11/h2-4,6H,5H2,1H3,(H,14,15);2-4,6H,5,11H2,1H3,(H,14,15);4-6H,2-3H2,1H3,(H,12,13);2-4H,1H3,(H,10,11). The van der Waals surface area contributed by atoms with Gasteiger partial charge in [0.05, 0.1) is 20.3 Å². The van der Waals surface area contributed by atoms with E-state index in [1.54, 1.807) is 26.1 Å². The van der Waals surface area contributed by atoms with Crippen molar-refractivity contribution in [2.45, 2.75) is 39.8 Å². The first-order valence-corrected chi connectivity index (χ1v) is 17.0. The molecule has 4 rings (SSSR count). The van der Waals surface area contributed by atoms with E-state index in [9.17, 15) is 59.1 Å².